The number of hydrogen-bond donors (Lipinski definition) is 1. The summed E-state index contributed by atoms with van der Waals surface area (Å²) >= 11 is 0. The summed E-state index contributed by atoms with van der Waals surface area (Å²) < 4.78 is 1.73. The minimum Gasteiger partial charge on any atom is -0.360 e. The van der Waals surface area contributed by atoms with Crippen LogP contribution < -0.4 is 5.32 Å². The molecular weight excluding hydrogens is 238 g/mol. The molecule has 0 bridgehead atoms. The third kappa shape index (κ3) is 2.99. The maximum atomic E-state index is 8.65. The Kier molecular flexibility index (Phi) is 3.61. The van der Waals surface area contributed by atoms with E-state index >= 15 is 0 Å². The minimum atomic E-state index is 0.0341. The van der Waals surface area contributed by atoms with Crippen LogP contribution in [0, 0.1) is 22.7 Å². The second-order valence-electron chi connectivity index (χ2n) is 3.91. The molecule has 0 atom stereocenters. The number of anilines is 1. The summed E-state index contributed by atoms with van der Waals surface area (Å²) in [4.78, 5) is 0. The minimum absolute atomic E-state index is 0.0341. The Bertz CT molecular complexity index is 681. The van der Waals surface area contributed by atoms with Crippen molar-refractivity contribution in [3.05, 3.63) is 48.4 Å². The lowest BCUT2D eigenvalue weighted by molar-refractivity contribution is 0.768. The van der Waals surface area contributed by atoms with E-state index < -0.39 is 0 Å². The van der Waals surface area contributed by atoms with E-state index in [1.54, 1.807) is 23.0 Å². The lowest BCUT2D eigenvalue weighted by Crippen LogP contribution is -1.90. The maximum Gasteiger partial charge on any atom is 0.145 e. The Labute approximate surface area is 111 Å². The predicted molar refractivity (Wildman–Crippen MR) is 71.6 cm³/mol. The molecule has 0 aliphatic heterocycles. The standard InChI is InChI=1S/C14H11N5/c1-19-10-13(9-18-19)12-3-2-4-14(5-12)17-8-11(6-15)7-16/h2-5,8-10,17H,1H3. The average Bonchev–Trinajstić information content (AvgIpc) is 2.87. The molecule has 2 aromatic rings. The van der Waals surface area contributed by atoms with Gasteiger partial charge in [0, 0.05) is 30.7 Å². The SMILES string of the molecule is Cn1cc(-c2cccc(NC=C(C#N)C#N)c2)cn1. The van der Waals surface area contributed by atoms with Crippen LogP contribution in [-0.2, 0) is 7.05 Å². The Morgan fingerprint density at radius 1 is 1.32 bits per heavy atom. The summed E-state index contributed by atoms with van der Waals surface area (Å²) in [6.07, 6.45) is 5.10. The van der Waals surface area contributed by atoms with Crippen molar-refractivity contribution in [3.63, 3.8) is 0 Å². The number of nitrogens with one attached hydrogen (secondary N) is 1. The van der Waals surface area contributed by atoms with Crippen molar-refractivity contribution in [1.82, 2.24) is 9.78 Å². The van der Waals surface area contributed by atoms with Gasteiger partial charge in [0.15, 0.2) is 0 Å². The highest BCUT2D eigenvalue weighted by Crippen LogP contribution is 2.21. The van der Waals surface area contributed by atoms with E-state index in [-0.39, 0.29) is 5.57 Å². The topological polar surface area (TPSA) is 77.4 Å². The van der Waals surface area contributed by atoms with Crippen LogP contribution in [0.1, 0.15) is 0 Å². The number of allylic oxidation sites excluding steroid dienone is 1. The molecule has 1 aromatic heterocycles. The summed E-state index contributed by atoms with van der Waals surface area (Å²) in [7, 11) is 1.86. The first-order valence-electron chi connectivity index (χ1n) is 5.59. The third-order valence-electron chi connectivity index (χ3n) is 2.52. The first-order valence-corrected chi connectivity index (χ1v) is 5.59. The number of nitriles is 2. The zero-order valence-corrected chi connectivity index (χ0v) is 10.3. The Morgan fingerprint density at radius 3 is 2.74 bits per heavy atom. The molecule has 1 heterocycles. The van der Waals surface area contributed by atoms with Crippen LogP contribution in [0.25, 0.3) is 11.1 Å². The maximum absolute atomic E-state index is 8.65. The van der Waals surface area contributed by atoms with Crippen LogP contribution >= 0.6 is 0 Å². The molecule has 2 rings (SSSR count). The van der Waals surface area contributed by atoms with Gasteiger partial charge in [0.05, 0.1) is 6.20 Å². The molecule has 0 aliphatic rings. The van der Waals surface area contributed by atoms with E-state index in [9.17, 15) is 0 Å². The van der Waals surface area contributed by atoms with Gasteiger partial charge in [0.2, 0.25) is 0 Å². The first kappa shape index (κ1) is 12.4. The normalized spacial score (nSPS) is 9.21. The molecule has 5 nitrogen and oxygen atoms in total. The van der Waals surface area contributed by atoms with Gasteiger partial charge in [-0.2, -0.15) is 15.6 Å². The van der Waals surface area contributed by atoms with E-state index in [4.69, 9.17) is 10.5 Å². The van der Waals surface area contributed by atoms with Gasteiger partial charge in [-0.05, 0) is 17.7 Å². The molecule has 0 radical (unpaired) electrons. The molecular formula is C14H11N5. The largest absolute Gasteiger partial charge is 0.360 e. The van der Waals surface area contributed by atoms with Gasteiger partial charge in [-0.3, -0.25) is 4.68 Å². The lowest BCUT2D eigenvalue weighted by atomic mass is 10.1. The van der Waals surface area contributed by atoms with Crippen LogP contribution in [-0.4, -0.2) is 9.78 Å². The molecule has 92 valence electrons. The van der Waals surface area contributed by atoms with E-state index in [1.165, 1.54) is 6.20 Å². The average molecular weight is 249 g/mol. The Hall–Kier alpha value is -3.05. The summed E-state index contributed by atoms with van der Waals surface area (Å²) in [5.74, 6) is 0. The molecule has 0 aliphatic carbocycles. The molecule has 1 N–H and O–H groups in total. The van der Waals surface area contributed by atoms with Crippen LogP contribution in [0.2, 0.25) is 0 Å². The van der Waals surface area contributed by atoms with E-state index in [2.05, 4.69) is 10.4 Å². The highest BCUT2D eigenvalue weighted by molar-refractivity contribution is 5.67. The van der Waals surface area contributed by atoms with Gasteiger partial charge >= 0.3 is 0 Å². The molecule has 0 saturated heterocycles. The third-order valence-corrected chi connectivity index (χ3v) is 2.52. The molecule has 1 aromatic carbocycles. The first-order chi connectivity index (χ1) is 9.22. The van der Waals surface area contributed by atoms with Gasteiger partial charge in [0.1, 0.15) is 17.7 Å². The van der Waals surface area contributed by atoms with Crippen molar-refractivity contribution in [2.24, 2.45) is 7.05 Å². The monoisotopic (exact) mass is 249 g/mol. The Morgan fingerprint density at radius 2 is 2.11 bits per heavy atom. The van der Waals surface area contributed by atoms with E-state index in [0.717, 1.165) is 16.8 Å². The van der Waals surface area contributed by atoms with Crippen LogP contribution in [0.4, 0.5) is 5.69 Å². The van der Waals surface area contributed by atoms with Crippen molar-refractivity contribution >= 4 is 5.69 Å². The summed E-state index contributed by atoms with van der Waals surface area (Å²) in [5.41, 5.74) is 2.87. The molecule has 0 saturated carbocycles. The zero-order chi connectivity index (χ0) is 13.7. The summed E-state index contributed by atoms with van der Waals surface area (Å²) in [6, 6.07) is 11.3. The van der Waals surface area contributed by atoms with Crippen LogP contribution in [0.5, 0.6) is 0 Å². The van der Waals surface area contributed by atoms with Crippen molar-refractivity contribution in [2.75, 3.05) is 5.32 Å². The number of hydrogen-bond acceptors (Lipinski definition) is 4. The molecule has 0 spiro atoms. The highest BCUT2D eigenvalue weighted by Gasteiger charge is 2.01. The van der Waals surface area contributed by atoms with Crippen LogP contribution in [0.3, 0.4) is 0 Å². The number of benzene rings is 1. The molecule has 0 fully saturated rings. The quantitative estimate of drug-likeness (QED) is 0.847. The summed E-state index contributed by atoms with van der Waals surface area (Å²) in [6.45, 7) is 0. The number of aromatic nitrogens is 2. The number of rotatable bonds is 3. The van der Waals surface area contributed by atoms with Gasteiger partial charge in [-0.1, -0.05) is 12.1 Å². The fraction of sp³-hybridized carbons (Fsp3) is 0.0714. The number of aryl methyl sites for hydroxylation is 1. The van der Waals surface area contributed by atoms with Crippen molar-refractivity contribution in [1.29, 1.82) is 10.5 Å². The zero-order valence-electron chi connectivity index (χ0n) is 10.3. The van der Waals surface area contributed by atoms with Gasteiger partial charge in [0.25, 0.3) is 0 Å². The number of nitrogens with zero attached hydrogens (tertiary/aromatic N) is 4. The molecule has 0 unspecified atom stereocenters. The fourth-order valence-electron chi connectivity index (χ4n) is 1.60. The second-order valence-corrected chi connectivity index (χ2v) is 3.91. The van der Waals surface area contributed by atoms with Crippen molar-refractivity contribution in [2.45, 2.75) is 0 Å². The predicted octanol–water partition coefficient (Wildman–Crippen LogP) is 2.43. The fourth-order valence-corrected chi connectivity index (χ4v) is 1.60. The Balaban J connectivity index is 2.24. The molecule has 19 heavy (non-hydrogen) atoms. The molecule has 0 amide bonds. The van der Waals surface area contributed by atoms with E-state index in [0.29, 0.717) is 0 Å². The highest BCUT2D eigenvalue weighted by atomic mass is 15.2. The van der Waals surface area contributed by atoms with Crippen molar-refractivity contribution in [3.8, 4) is 23.3 Å². The smallest absolute Gasteiger partial charge is 0.145 e. The van der Waals surface area contributed by atoms with Gasteiger partial charge < -0.3 is 5.32 Å². The second kappa shape index (κ2) is 5.52. The molecule has 5 heteroatoms. The van der Waals surface area contributed by atoms with Crippen LogP contribution in [0.15, 0.2) is 48.4 Å². The summed E-state index contributed by atoms with van der Waals surface area (Å²) in [5, 5.41) is 24.3. The van der Waals surface area contributed by atoms with Gasteiger partial charge in [-0.25, -0.2) is 0 Å². The van der Waals surface area contributed by atoms with E-state index in [1.807, 2.05) is 37.5 Å². The van der Waals surface area contributed by atoms with Crippen molar-refractivity contribution < 1.29 is 0 Å². The van der Waals surface area contributed by atoms with Gasteiger partial charge in [-0.15, -0.1) is 0 Å². The lowest BCUT2D eigenvalue weighted by Gasteiger charge is -2.03.